The minimum absolute atomic E-state index is 0.180. The molecule has 0 spiro atoms. The summed E-state index contributed by atoms with van der Waals surface area (Å²) in [4.78, 5) is 10.5. The van der Waals surface area contributed by atoms with Crippen molar-refractivity contribution in [3.05, 3.63) is 33.8 Å². The fourth-order valence-corrected chi connectivity index (χ4v) is 1.85. The molecule has 112 valence electrons. The Morgan fingerprint density at radius 1 is 1.10 bits per heavy atom. The van der Waals surface area contributed by atoms with Crippen LogP contribution in [0.3, 0.4) is 0 Å². The summed E-state index contributed by atoms with van der Waals surface area (Å²) < 4.78 is 75.7. The first-order valence-corrected chi connectivity index (χ1v) is 5.12. The Morgan fingerprint density at radius 3 is 1.95 bits per heavy atom. The lowest BCUT2D eigenvalue weighted by atomic mass is 9.98. The molecule has 0 aliphatic rings. The first-order chi connectivity index (χ1) is 8.87. The molecular formula is C10H5ClF6O3. The number of alkyl halides is 6. The molecule has 0 aliphatic heterocycles. The summed E-state index contributed by atoms with van der Waals surface area (Å²) in [5.41, 5.74) is -5.06. The summed E-state index contributed by atoms with van der Waals surface area (Å²) in [7, 11) is 0. The number of carboxylic acids is 1. The second-order valence-electron chi connectivity index (χ2n) is 3.63. The Morgan fingerprint density at radius 2 is 1.60 bits per heavy atom. The maximum atomic E-state index is 12.7. The zero-order valence-electron chi connectivity index (χ0n) is 9.18. The molecule has 0 fully saturated rings. The van der Waals surface area contributed by atoms with E-state index >= 15 is 0 Å². The number of aliphatic carboxylic acids is 1. The predicted octanol–water partition coefficient (Wildman–Crippen LogP) is 3.50. The van der Waals surface area contributed by atoms with E-state index in [4.69, 9.17) is 21.8 Å². The lowest BCUT2D eigenvalue weighted by Gasteiger charge is -2.19. The van der Waals surface area contributed by atoms with Gasteiger partial charge in [-0.25, -0.2) is 4.79 Å². The fraction of sp³-hybridized carbons (Fsp3) is 0.300. The molecule has 10 heteroatoms. The molecule has 0 heterocycles. The van der Waals surface area contributed by atoms with E-state index in [0.717, 1.165) is 0 Å². The molecule has 2 N–H and O–H groups in total. The lowest BCUT2D eigenvalue weighted by molar-refractivity contribution is -0.149. The molecule has 0 saturated carbocycles. The van der Waals surface area contributed by atoms with Gasteiger partial charge in [0, 0.05) is 5.56 Å². The summed E-state index contributed by atoms with van der Waals surface area (Å²) in [6.45, 7) is 0. The Labute approximate surface area is 112 Å². The summed E-state index contributed by atoms with van der Waals surface area (Å²) in [5.74, 6) is -2.05. The molecule has 3 nitrogen and oxygen atoms in total. The monoisotopic (exact) mass is 322 g/mol. The van der Waals surface area contributed by atoms with Crippen LogP contribution in [0.2, 0.25) is 5.02 Å². The van der Waals surface area contributed by atoms with Crippen LogP contribution in [0.1, 0.15) is 22.8 Å². The molecule has 0 amide bonds. The van der Waals surface area contributed by atoms with E-state index in [-0.39, 0.29) is 12.1 Å². The lowest BCUT2D eigenvalue weighted by Crippen LogP contribution is -2.20. The van der Waals surface area contributed by atoms with E-state index in [1.54, 1.807) is 0 Å². The Kier molecular flexibility index (Phi) is 4.25. The van der Waals surface area contributed by atoms with Crippen molar-refractivity contribution in [2.45, 2.75) is 18.5 Å². The van der Waals surface area contributed by atoms with Crippen LogP contribution in [0.4, 0.5) is 26.3 Å². The molecule has 20 heavy (non-hydrogen) atoms. The van der Waals surface area contributed by atoms with E-state index < -0.39 is 46.1 Å². The van der Waals surface area contributed by atoms with Crippen LogP contribution in [0.25, 0.3) is 0 Å². The maximum absolute atomic E-state index is 12.7. The molecule has 1 rings (SSSR count). The third kappa shape index (κ3) is 3.15. The Bertz CT molecular complexity index is 537. The van der Waals surface area contributed by atoms with Gasteiger partial charge in [0.1, 0.15) is 0 Å². The van der Waals surface area contributed by atoms with Crippen LogP contribution >= 0.6 is 11.6 Å². The van der Waals surface area contributed by atoms with Crippen LogP contribution in [-0.4, -0.2) is 16.2 Å². The van der Waals surface area contributed by atoms with Crippen LogP contribution < -0.4 is 0 Å². The van der Waals surface area contributed by atoms with Crippen molar-refractivity contribution in [1.29, 1.82) is 0 Å². The van der Waals surface area contributed by atoms with Crippen molar-refractivity contribution < 1.29 is 41.4 Å². The van der Waals surface area contributed by atoms with Gasteiger partial charge in [0.25, 0.3) is 0 Å². The number of rotatable bonds is 2. The molecular weight excluding hydrogens is 318 g/mol. The van der Waals surface area contributed by atoms with Gasteiger partial charge in [-0.1, -0.05) is 17.7 Å². The number of hydrogen-bond donors (Lipinski definition) is 2. The summed E-state index contributed by atoms with van der Waals surface area (Å²) in [6, 6.07) is 0.412. The van der Waals surface area contributed by atoms with E-state index in [9.17, 15) is 31.1 Å². The van der Waals surface area contributed by atoms with Gasteiger partial charge in [0.2, 0.25) is 0 Å². The Hall–Kier alpha value is -1.48. The maximum Gasteiger partial charge on any atom is 0.418 e. The number of aliphatic hydroxyl groups excluding tert-OH is 1. The minimum Gasteiger partial charge on any atom is -0.479 e. The topological polar surface area (TPSA) is 57.5 Å². The Balaban J connectivity index is 3.66. The molecule has 0 saturated heterocycles. The van der Waals surface area contributed by atoms with E-state index in [0.29, 0.717) is 0 Å². The third-order valence-corrected chi connectivity index (χ3v) is 2.68. The highest BCUT2D eigenvalue weighted by Crippen LogP contribution is 2.45. The second-order valence-corrected chi connectivity index (χ2v) is 4.01. The van der Waals surface area contributed by atoms with Gasteiger partial charge in [-0.2, -0.15) is 26.3 Å². The number of aliphatic hydroxyl groups is 1. The fourth-order valence-electron chi connectivity index (χ4n) is 1.46. The highest BCUT2D eigenvalue weighted by Gasteiger charge is 2.43. The molecule has 0 aromatic heterocycles. The number of benzene rings is 1. The predicted molar refractivity (Wildman–Crippen MR) is 54.1 cm³/mol. The average Bonchev–Trinajstić information content (AvgIpc) is 2.23. The molecule has 1 aromatic carbocycles. The molecule has 0 radical (unpaired) electrons. The number of carbonyl (C=O) groups is 1. The van der Waals surface area contributed by atoms with Gasteiger partial charge in [-0.15, -0.1) is 0 Å². The third-order valence-electron chi connectivity index (χ3n) is 2.29. The highest BCUT2D eigenvalue weighted by molar-refractivity contribution is 6.32. The van der Waals surface area contributed by atoms with Crippen molar-refractivity contribution in [3.63, 3.8) is 0 Å². The standard InChI is InChI=1S/C10H5ClF6O3/c11-6-4(9(12,13)14)2-1-3(7(18)8(19)20)5(6)10(15,16)17/h1-2,7,18H,(H,19,20). The van der Waals surface area contributed by atoms with Gasteiger partial charge < -0.3 is 10.2 Å². The van der Waals surface area contributed by atoms with E-state index in [1.807, 2.05) is 0 Å². The smallest absolute Gasteiger partial charge is 0.418 e. The molecule has 1 aromatic rings. The van der Waals surface area contributed by atoms with Gasteiger partial charge in [0.05, 0.1) is 16.1 Å². The van der Waals surface area contributed by atoms with Crippen molar-refractivity contribution in [1.82, 2.24) is 0 Å². The first-order valence-electron chi connectivity index (χ1n) is 4.75. The van der Waals surface area contributed by atoms with Crippen LogP contribution in [0.5, 0.6) is 0 Å². The average molecular weight is 323 g/mol. The summed E-state index contributed by atoms with van der Waals surface area (Å²) in [5, 5.41) is 15.9. The van der Waals surface area contributed by atoms with Crippen LogP contribution in [0, 0.1) is 0 Å². The minimum atomic E-state index is -5.36. The van der Waals surface area contributed by atoms with Crippen molar-refractivity contribution in [3.8, 4) is 0 Å². The summed E-state index contributed by atoms with van der Waals surface area (Å²) >= 11 is 5.09. The van der Waals surface area contributed by atoms with E-state index in [2.05, 4.69) is 0 Å². The number of carboxylic acid groups (broad SMARTS) is 1. The van der Waals surface area contributed by atoms with E-state index in [1.165, 1.54) is 0 Å². The quantitative estimate of drug-likeness (QED) is 0.819. The number of halogens is 7. The SMILES string of the molecule is O=C(O)C(O)c1ccc(C(F)(F)F)c(Cl)c1C(F)(F)F. The molecule has 0 aliphatic carbocycles. The zero-order chi connectivity index (χ0) is 15.9. The van der Waals surface area contributed by atoms with Crippen LogP contribution in [0.15, 0.2) is 12.1 Å². The number of hydrogen-bond acceptors (Lipinski definition) is 2. The largest absolute Gasteiger partial charge is 0.479 e. The molecule has 0 bridgehead atoms. The first kappa shape index (κ1) is 16.6. The van der Waals surface area contributed by atoms with Crippen molar-refractivity contribution in [2.75, 3.05) is 0 Å². The van der Waals surface area contributed by atoms with Crippen molar-refractivity contribution in [2.24, 2.45) is 0 Å². The molecule has 1 atom stereocenters. The van der Waals surface area contributed by atoms with Gasteiger partial charge in [0.15, 0.2) is 6.10 Å². The van der Waals surface area contributed by atoms with Gasteiger partial charge in [-0.05, 0) is 6.07 Å². The zero-order valence-corrected chi connectivity index (χ0v) is 9.94. The molecule has 1 unspecified atom stereocenters. The van der Waals surface area contributed by atoms with Gasteiger partial charge in [-0.3, -0.25) is 0 Å². The van der Waals surface area contributed by atoms with Gasteiger partial charge >= 0.3 is 18.3 Å². The van der Waals surface area contributed by atoms with Crippen LogP contribution in [-0.2, 0) is 17.1 Å². The normalized spacial score (nSPS) is 14.2. The second kappa shape index (κ2) is 5.13. The highest BCUT2D eigenvalue weighted by atomic mass is 35.5. The summed E-state index contributed by atoms with van der Waals surface area (Å²) in [6.07, 6.45) is -13.2. The van der Waals surface area contributed by atoms with Crippen molar-refractivity contribution >= 4 is 17.6 Å².